The van der Waals surface area contributed by atoms with Gasteiger partial charge in [0.05, 0.1) is 17.7 Å². The van der Waals surface area contributed by atoms with Gasteiger partial charge in [-0.3, -0.25) is 38.9 Å². The van der Waals surface area contributed by atoms with E-state index >= 15 is 0 Å². The first-order chi connectivity index (χ1) is 26.2. The topological polar surface area (TPSA) is 285 Å². The summed E-state index contributed by atoms with van der Waals surface area (Å²) in [5, 5.41) is 14.8. The van der Waals surface area contributed by atoms with E-state index in [1.807, 2.05) is 47.6 Å². The van der Waals surface area contributed by atoms with Crippen molar-refractivity contribution in [2.24, 2.45) is 83.1 Å². The molecule has 0 aliphatic carbocycles. The van der Waals surface area contributed by atoms with Gasteiger partial charge in [0, 0.05) is 106 Å². The maximum absolute atomic E-state index is 13.1. The second-order valence-corrected chi connectivity index (χ2v) is 18.9. The molecule has 0 aromatic rings. The summed E-state index contributed by atoms with van der Waals surface area (Å²) in [6.07, 6.45) is 2.37. The van der Waals surface area contributed by atoms with E-state index in [-0.39, 0.29) is 44.4 Å². The van der Waals surface area contributed by atoms with E-state index in [1.54, 1.807) is 6.92 Å². The van der Waals surface area contributed by atoms with Gasteiger partial charge in [-0.25, -0.2) is 0 Å². The normalized spacial score (nSPS) is 38.1. The molecule has 5 amide bonds. The number of nitrogens with two attached hydrogens (primary N) is 5. The van der Waals surface area contributed by atoms with Gasteiger partial charge >= 0.3 is 0 Å². The maximum atomic E-state index is 13.1. The molecule has 8 bridgehead atoms. The minimum absolute atomic E-state index is 0.0477. The second kappa shape index (κ2) is 14.9. The molecule has 312 valence electrons. The molecular formula is C42H63N9O6. The van der Waals surface area contributed by atoms with Gasteiger partial charge in [0.2, 0.25) is 29.5 Å². The summed E-state index contributed by atoms with van der Waals surface area (Å²) in [5.74, 6) is -3.85. The smallest absolute Gasteiger partial charge is 0.218 e. The minimum Gasteiger partial charge on any atom is -0.393 e. The number of aliphatic hydroxyl groups is 1. The van der Waals surface area contributed by atoms with Crippen LogP contribution in [0.4, 0.5) is 0 Å². The van der Waals surface area contributed by atoms with Gasteiger partial charge in [-0.15, -0.1) is 0 Å². The molecular weight excluding hydrogens is 727 g/mol. The molecule has 5 aliphatic heterocycles. The number of hydrogen-bond acceptors (Lipinski definition) is 10. The van der Waals surface area contributed by atoms with Crippen LogP contribution in [0.5, 0.6) is 0 Å². The van der Waals surface area contributed by atoms with Crippen LogP contribution in [0.15, 0.2) is 49.3 Å². The number of primary amides is 5. The highest BCUT2D eigenvalue weighted by molar-refractivity contribution is 6.10. The Hall–Kier alpha value is -4.66. The number of hydrogen-bond donors (Lipinski definition) is 7. The number of rotatable bonds is 14. The average molecular weight is 790 g/mol. The first-order valence-electron chi connectivity index (χ1n) is 20.0. The van der Waals surface area contributed by atoms with Gasteiger partial charge < -0.3 is 39.1 Å². The molecule has 0 aromatic carbocycles. The summed E-state index contributed by atoms with van der Waals surface area (Å²) >= 11 is 0. The van der Waals surface area contributed by atoms with Crippen molar-refractivity contribution in [2.45, 2.75) is 138 Å². The average Bonchev–Trinajstić information content (AvgIpc) is 3.67. The molecule has 0 saturated carbocycles. The molecule has 5 heterocycles. The third-order valence-electron chi connectivity index (χ3n) is 14.3. The second-order valence-electron chi connectivity index (χ2n) is 18.9. The first-order valence-corrected chi connectivity index (χ1v) is 20.0. The predicted molar refractivity (Wildman–Crippen MR) is 219 cm³/mol. The van der Waals surface area contributed by atoms with E-state index in [9.17, 15) is 29.1 Å². The van der Waals surface area contributed by atoms with Crippen molar-refractivity contribution in [1.82, 2.24) is 5.32 Å². The standard InChI is InChI=1S/C42H63N9O6/c1-20(52)16-40(7)25(14-31(45)55)37-42(9)39(6,18-32(46)56)17-27(51-42)21(2)35-41(8,19-33(47)57)23(10-12-29(43)53)26(48-35)15-28-38(4,5)24(11-13-30(44)54)34(49-28)22(3)36(40)50-37/h15,20,23-25,37,48,52H,10-14,16-19H2,1-9H3,(H2,43,53)(H2,44,54)(H2,45,55)(H2,46,56)(H2,47,57)/b26-15-,34-22-,35-21-. The van der Waals surface area contributed by atoms with E-state index in [1.165, 1.54) is 0 Å². The zero-order valence-corrected chi connectivity index (χ0v) is 35.0. The third kappa shape index (κ3) is 7.47. The molecule has 1 saturated heterocycles. The van der Waals surface area contributed by atoms with Gasteiger partial charge in [0.1, 0.15) is 0 Å². The van der Waals surface area contributed by atoms with Crippen molar-refractivity contribution in [3.05, 3.63) is 34.3 Å². The lowest BCUT2D eigenvalue weighted by molar-refractivity contribution is -0.122. The highest BCUT2D eigenvalue weighted by Crippen LogP contribution is 2.60. The Bertz CT molecular complexity index is 1980. The minimum atomic E-state index is -1.14. The van der Waals surface area contributed by atoms with E-state index in [4.69, 9.17) is 43.6 Å². The molecule has 57 heavy (non-hydrogen) atoms. The van der Waals surface area contributed by atoms with Gasteiger partial charge in [-0.2, -0.15) is 0 Å². The van der Waals surface area contributed by atoms with Crippen LogP contribution in [0.3, 0.4) is 0 Å². The molecule has 0 radical (unpaired) electrons. The Kier molecular flexibility index (Phi) is 11.4. The number of fused-ring (bicyclic) bond motifs is 6. The lowest BCUT2D eigenvalue weighted by Crippen LogP contribution is -2.54. The van der Waals surface area contributed by atoms with Crippen molar-refractivity contribution in [2.75, 3.05) is 0 Å². The number of carbonyl (C=O) groups excluding carboxylic acids is 5. The molecule has 1 fully saturated rings. The fraction of sp³-hybridized carbons (Fsp3) is 0.667. The van der Waals surface area contributed by atoms with Crippen molar-refractivity contribution < 1.29 is 29.1 Å². The largest absolute Gasteiger partial charge is 0.393 e. The zero-order valence-electron chi connectivity index (χ0n) is 35.0. The summed E-state index contributed by atoms with van der Waals surface area (Å²) in [5.41, 5.74) is 30.5. The van der Waals surface area contributed by atoms with Gasteiger partial charge in [0.25, 0.3) is 0 Å². The summed E-state index contributed by atoms with van der Waals surface area (Å²) in [7, 11) is 0. The van der Waals surface area contributed by atoms with Gasteiger partial charge in [-0.05, 0) is 70.6 Å². The lowest BCUT2D eigenvalue weighted by Gasteiger charge is -2.46. The summed E-state index contributed by atoms with van der Waals surface area (Å²) in [4.78, 5) is 80.0. The van der Waals surface area contributed by atoms with Crippen LogP contribution in [0.2, 0.25) is 0 Å². The number of carbonyl (C=O) groups is 5. The lowest BCUT2D eigenvalue weighted by atomic mass is 9.58. The Morgan fingerprint density at radius 1 is 0.825 bits per heavy atom. The van der Waals surface area contributed by atoms with Crippen LogP contribution in [0.1, 0.15) is 120 Å². The van der Waals surface area contributed by atoms with Crippen LogP contribution >= 0.6 is 0 Å². The zero-order chi connectivity index (χ0) is 42.8. The highest BCUT2D eigenvalue weighted by atomic mass is 16.3. The van der Waals surface area contributed by atoms with Crippen molar-refractivity contribution in [3.63, 3.8) is 0 Å². The highest BCUT2D eigenvalue weighted by Gasteiger charge is 2.63. The van der Waals surface area contributed by atoms with E-state index in [0.717, 1.165) is 16.8 Å². The fourth-order valence-electron chi connectivity index (χ4n) is 11.1. The van der Waals surface area contributed by atoms with Crippen molar-refractivity contribution in [3.8, 4) is 0 Å². The number of aliphatic imine (C=N–C) groups is 3. The molecule has 5 aliphatic rings. The van der Waals surface area contributed by atoms with Crippen LogP contribution in [-0.4, -0.2) is 69.5 Å². The molecule has 0 spiro atoms. The maximum Gasteiger partial charge on any atom is 0.218 e. The number of aliphatic hydroxyl groups excluding tert-OH is 1. The first kappa shape index (κ1) is 43.5. The molecule has 15 nitrogen and oxygen atoms in total. The SMILES string of the molecule is C/C1=C2N=C(/C=C3\N/C(=C(/C)C4=NC(C)(C5N=C1C(C)(CC(C)O)C5CC(N)=O)C(C)(CC(N)=O)C4)C(C)(CC(N)=O)C3CCC(N)=O)C(C)(C)C/2CCC(N)=O. The van der Waals surface area contributed by atoms with Crippen LogP contribution in [0.25, 0.3) is 0 Å². The van der Waals surface area contributed by atoms with Crippen LogP contribution in [-0.2, 0) is 24.0 Å². The van der Waals surface area contributed by atoms with E-state index in [2.05, 4.69) is 19.2 Å². The molecule has 0 aromatic heterocycles. The number of nitrogens with one attached hydrogen (secondary N) is 1. The summed E-state index contributed by atoms with van der Waals surface area (Å²) < 4.78 is 0. The Balaban J connectivity index is 1.97. The molecule has 5 rings (SSSR count). The van der Waals surface area contributed by atoms with Gasteiger partial charge in [0.15, 0.2) is 0 Å². The fourth-order valence-corrected chi connectivity index (χ4v) is 11.1. The van der Waals surface area contributed by atoms with E-state index in [0.29, 0.717) is 47.8 Å². The monoisotopic (exact) mass is 789 g/mol. The quantitative estimate of drug-likeness (QED) is 0.138. The predicted octanol–water partition coefficient (Wildman–Crippen LogP) is 2.74. The number of nitrogens with zero attached hydrogens (tertiary/aromatic N) is 3. The Morgan fingerprint density at radius 3 is 1.93 bits per heavy atom. The van der Waals surface area contributed by atoms with E-state index < -0.39 is 80.7 Å². The molecule has 9 unspecified atom stereocenters. The van der Waals surface area contributed by atoms with Crippen molar-refractivity contribution >= 4 is 46.7 Å². The Morgan fingerprint density at radius 2 is 1.40 bits per heavy atom. The molecule has 12 N–H and O–H groups in total. The Labute approximate surface area is 335 Å². The van der Waals surface area contributed by atoms with Crippen molar-refractivity contribution in [1.29, 1.82) is 0 Å². The van der Waals surface area contributed by atoms with Crippen LogP contribution in [0, 0.1) is 39.4 Å². The summed E-state index contributed by atoms with van der Waals surface area (Å²) in [6, 6.07) is -0.712. The van der Waals surface area contributed by atoms with Gasteiger partial charge in [-0.1, -0.05) is 34.6 Å². The third-order valence-corrected chi connectivity index (χ3v) is 14.3. The van der Waals surface area contributed by atoms with Crippen LogP contribution < -0.4 is 34.0 Å². The molecule has 9 atom stereocenters. The summed E-state index contributed by atoms with van der Waals surface area (Å²) in [6.45, 7) is 17.5. The molecule has 15 heteroatoms. The number of allylic oxidation sites excluding steroid dienone is 6. The number of amides is 5.